The topological polar surface area (TPSA) is 132 Å². The molecule has 2 N–H and O–H groups in total. The standard InChI is InChI=1S/C27H26N2O7/c30-23(18-7-3-4-8-20(18)27(35)36)28-12-11-15-5-1-2-6-17(15)22(28)14-29-24(31)19-10-9-16(26(33)34)13-21(19)25(29)32/h1-2,5-6,9-10,13,18,20,22H,3-4,7-8,11-12,14H2,(H,33,34)(H,35,36)/t18-,20+,22?/m1/s1. The Morgan fingerprint density at radius 2 is 1.58 bits per heavy atom. The van der Waals surface area contributed by atoms with Crippen molar-refractivity contribution in [2.75, 3.05) is 13.1 Å². The van der Waals surface area contributed by atoms with Gasteiger partial charge < -0.3 is 15.1 Å². The zero-order chi connectivity index (χ0) is 25.6. The molecule has 3 aliphatic rings. The van der Waals surface area contributed by atoms with Crippen molar-refractivity contribution in [1.82, 2.24) is 9.80 Å². The highest BCUT2D eigenvalue weighted by atomic mass is 16.4. The minimum absolute atomic E-state index is 0.0279. The molecule has 1 saturated carbocycles. The van der Waals surface area contributed by atoms with Crippen LogP contribution in [0.15, 0.2) is 42.5 Å². The second-order valence-corrected chi connectivity index (χ2v) is 9.62. The third-order valence-electron chi connectivity index (χ3n) is 7.67. The first-order chi connectivity index (χ1) is 17.3. The van der Waals surface area contributed by atoms with E-state index in [1.54, 1.807) is 4.90 Å². The summed E-state index contributed by atoms with van der Waals surface area (Å²) in [6, 6.07) is 10.8. The third kappa shape index (κ3) is 3.94. The van der Waals surface area contributed by atoms with Gasteiger partial charge in [-0.1, -0.05) is 37.1 Å². The number of carboxylic acids is 2. The number of aromatic carboxylic acids is 1. The van der Waals surface area contributed by atoms with Gasteiger partial charge in [-0.2, -0.15) is 0 Å². The number of rotatable bonds is 5. The Morgan fingerprint density at radius 3 is 2.31 bits per heavy atom. The van der Waals surface area contributed by atoms with Crippen LogP contribution in [0.1, 0.15) is 73.9 Å². The molecule has 5 rings (SSSR count). The van der Waals surface area contributed by atoms with E-state index in [0.717, 1.165) is 28.9 Å². The van der Waals surface area contributed by atoms with E-state index in [-0.39, 0.29) is 29.1 Å². The summed E-state index contributed by atoms with van der Waals surface area (Å²) < 4.78 is 0. The molecule has 2 aliphatic heterocycles. The van der Waals surface area contributed by atoms with Gasteiger partial charge in [0.1, 0.15) is 0 Å². The summed E-state index contributed by atoms with van der Waals surface area (Å²) in [4.78, 5) is 66.1. The predicted molar refractivity (Wildman–Crippen MR) is 126 cm³/mol. The molecule has 3 atom stereocenters. The highest BCUT2D eigenvalue weighted by Gasteiger charge is 2.44. The van der Waals surface area contributed by atoms with E-state index in [4.69, 9.17) is 0 Å². The van der Waals surface area contributed by atoms with Crippen molar-refractivity contribution >= 4 is 29.7 Å². The smallest absolute Gasteiger partial charge is 0.335 e. The van der Waals surface area contributed by atoms with Gasteiger partial charge >= 0.3 is 11.9 Å². The lowest BCUT2D eigenvalue weighted by Gasteiger charge is -2.42. The quantitative estimate of drug-likeness (QED) is 0.616. The fourth-order valence-electron chi connectivity index (χ4n) is 5.81. The predicted octanol–water partition coefficient (Wildman–Crippen LogP) is 3.00. The van der Waals surface area contributed by atoms with Crippen LogP contribution in [0.5, 0.6) is 0 Å². The second-order valence-electron chi connectivity index (χ2n) is 9.62. The van der Waals surface area contributed by atoms with Crippen molar-refractivity contribution in [3.63, 3.8) is 0 Å². The summed E-state index contributed by atoms with van der Waals surface area (Å²) >= 11 is 0. The van der Waals surface area contributed by atoms with Crippen LogP contribution in [0.25, 0.3) is 0 Å². The van der Waals surface area contributed by atoms with Crippen LogP contribution < -0.4 is 0 Å². The Bertz CT molecular complexity index is 1290. The molecule has 0 aromatic heterocycles. The molecule has 2 aromatic rings. The number of fused-ring (bicyclic) bond motifs is 2. The molecule has 0 saturated heterocycles. The lowest BCUT2D eigenvalue weighted by atomic mass is 9.77. The van der Waals surface area contributed by atoms with Crippen molar-refractivity contribution in [3.8, 4) is 0 Å². The number of carbonyl (C=O) groups excluding carboxylic acids is 3. The maximum Gasteiger partial charge on any atom is 0.335 e. The van der Waals surface area contributed by atoms with Gasteiger partial charge in [-0.05, 0) is 48.6 Å². The van der Waals surface area contributed by atoms with E-state index in [0.29, 0.717) is 25.8 Å². The van der Waals surface area contributed by atoms with Gasteiger partial charge in [-0.25, -0.2) is 4.79 Å². The molecule has 1 unspecified atom stereocenters. The van der Waals surface area contributed by atoms with Crippen LogP contribution in [0.2, 0.25) is 0 Å². The SMILES string of the molecule is O=C(O)c1ccc2c(c1)C(=O)N(CC1c3ccccc3CCN1C(=O)[C@@H]1CCCC[C@@H]1C(=O)O)C2=O. The maximum atomic E-state index is 13.8. The highest BCUT2D eigenvalue weighted by Crippen LogP contribution is 2.38. The average molecular weight is 491 g/mol. The second kappa shape index (κ2) is 9.22. The number of benzene rings is 2. The summed E-state index contributed by atoms with van der Waals surface area (Å²) in [7, 11) is 0. The fourth-order valence-corrected chi connectivity index (χ4v) is 5.81. The van der Waals surface area contributed by atoms with Crippen LogP contribution in [0.4, 0.5) is 0 Å². The Balaban J connectivity index is 1.48. The van der Waals surface area contributed by atoms with Gasteiger partial charge in [0.2, 0.25) is 5.91 Å². The minimum atomic E-state index is -1.20. The first-order valence-electron chi connectivity index (χ1n) is 12.1. The summed E-state index contributed by atoms with van der Waals surface area (Å²) in [5.41, 5.74) is 1.90. The molecule has 3 amide bonds. The number of nitrogens with zero attached hydrogens (tertiary/aromatic N) is 2. The number of aliphatic carboxylic acids is 1. The molecule has 0 radical (unpaired) electrons. The van der Waals surface area contributed by atoms with Gasteiger partial charge in [0.15, 0.2) is 0 Å². The van der Waals surface area contributed by atoms with Gasteiger partial charge in [-0.3, -0.25) is 24.1 Å². The van der Waals surface area contributed by atoms with Crippen LogP contribution in [-0.4, -0.2) is 62.8 Å². The summed E-state index contributed by atoms with van der Waals surface area (Å²) in [5, 5.41) is 19.0. The van der Waals surface area contributed by atoms with Gasteiger partial charge in [0.25, 0.3) is 11.8 Å². The van der Waals surface area contributed by atoms with Crippen molar-refractivity contribution in [3.05, 3.63) is 70.3 Å². The molecule has 1 aliphatic carbocycles. The summed E-state index contributed by atoms with van der Waals surface area (Å²) in [6.07, 6.45) is 3.07. The molecule has 1 fully saturated rings. The Labute approximate surface area is 207 Å². The Kier molecular flexibility index (Phi) is 6.07. The minimum Gasteiger partial charge on any atom is -0.481 e. The molecular weight excluding hydrogens is 464 g/mol. The lowest BCUT2D eigenvalue weighted by molar-refractivity contribution is -0.153. The van der Waals surface area contributed by atoms with Crippen molar-refractivity contribution in [2.45, 2.75) is 38.1 Å². The monoisotopic (exact) mass is 490 g/mol. The first kappa shape index (κ1) is 23.7. The van der Waals surface area contributed by atoms with Crippen LogP contribution in [0, 0.1) is 11.8 Å². The van der Waals surface area contributed by atoms with E-state index in [2.05, 4.69) is 0 Å². The van der Waals surface area contributed by atoms with Gasteiger partial charge in [0.05, 0.1) is 41.1 Å². The van der Waals surface area contributed by atoms with E-state index in [9.17, 15) is 34.2 Å². The molecule has 9 nitrogen and oxygen atoms in total. The highest BCUT2D eigenvalue weighted by molar-refractivity contribution is 6.22. The van der Waals surface area contributed by atoms with Crippen LogP contribution in [-0.2, 0) is 16.0 Å². The number of carboxylic acid groups (broad SMARTS) is 2. The van der Waals surface area contributed by atoms with E-state index in [1.807, 2.05) is 24.3 Å². The number of carbonyl (C=O) groups is 5. The van der Waals surface area contributed by atoms with Gasteiger partial charge in [-0.15, -0.1) is 0 Å². The molecular formula is C27H26N2O7. The zero-order valence-electron chi connectivity index (χ0n) is 19.6. The van der Waals surface area contributed by atoms with Crippen molar-refractivity contribution in [1.29, 1.82) is 0 Å². The molecule has 186 valence electrons. The Morgan fingerprint density at radius 1 is 0.889 bits per heavy atom. The molecule has 2 heterocycles. The lowest BCUT2D eigenvalue weighted by Crippen LogP contribution is -2.50. The number of hydrogen-bond donors (Lipinski definition) is 2. The molecule has 9 heteroatoms. The van der Waals surface area contributed by atoms with E-state index in [1.165, 1.54) is 18.2 Å². The third-order valence-corrected chi connectivity index (χ3v) is 7.67. The normalized spacial score (nSPS) is 23.3. The molecule has 0 spiro atoms. The fraction of sp³-hybridized carbons (Fsp3) is 0.370. The molecule has 0 bridgehead atoms. The maximum absolute atomic E-state index is 13.8. The zero-order valence-corrected chi connectivity index (χ0v) is 19.6. The van der Waals surface area contributed by atoms with Gasteiger partial charge in [0, 0.05) is 6.54 Å². The van der Waals surface area contributed by atoms with E-state index >= 15 is 0 Å². The average Bonchev–Trinajstić information content (AvgIpc) is 3.12. The number of imide groups is 1. The van der Waals surface area contributed by atoms with Crippen molar-refractivity contribution in [2.24, 2.45) is 11.8 Å². The largest absolute Gasteiger partial charge is 0.481 e. The molecule has 2 aromatic carbocycles. The van der Waals surface area contributed by atoms with Crippen LogP contribution in [0.3, 0.4) is 0 Å². The molecule has 36 heavy (non-hydrogen) atoms. The van der Waals surface area contributed by atoms with Crippen LogP contribution >= 0.6 is 0 Å². The summed E-state index contributed by atoms with van der Waals surface area (Å²) in [5.74, 6) is -4.97. The summed E-state index contributed by atoms with van der Waals surface area (Å²) in [6.45, 7) is 0.262. The number of hydrogen-bond acceptors (Lipinski definition) is 5. The Hall–Kier alpha value is -4.01. The van der Waals surface area contributed by atoms with E-state index < -0.39 is 41.6 Å². The number of amides is 3. The first-order valence-corrected chi connectivity index (χ1v) is 12.1. The van der Waals surface area contributed by atoms with Crippen molar-refractivity contribution < 1.29 is 34.2 Å².